The van der Waals surface area contributed by atoms with E-state index in [0.29, 0.717) is 12.0 Å². The van der Waals surface area contributed by atoms with Crippen molar-refractivity contribution in [2.45, 2.75) is 38.3 Å². The molecule has 1 N–H and O–H groups in total. The number of para-hydroxylation sites is 1. The number of fused-ring (bicyclic) bond motifs is 1. The summed E-state index contributed by atoms with van der Waals surface area (Å²) in [5, 5.41) is 11.7. The van der Waals surface area contributed by atoms with E-state index < -0.39 is 0 Å². The molecule has 0 aliphatic carbocycles. The first-order chi connectivity index (χ1) is 11.3. The largest absolute Gasteiger partial charge is 0.376 e. The minimum atomic E-state index is 0.278. The van der Waals surface area contributed by atoms with Crippen LogP contribution < -0.4 is 10.2 Å². The Kier molecular flexibility index (Phi) is 3.83. The lowest BCUT2D eigenvalue weighted by Crippen LogP contribution is -2.27. The third kappa shape index (κ3) is 2.86. The van der Waals surface area contributed by atoms with Crippen LogP contribution in [0.25, 0.3) is 0 Å². The minimum Gasteiger partial charge on any atom is -0.376 e. The highest BCUT2D eigenvalue weighted by Gasteiger charge is 2.29. The molecule has 3 heterocycles. The Morgan fingerprint density at radius 2 is 2.26 bits per heavy atom. The summed E-state index contributed by atoms with van der Waals surface area (Å²) >= 11 is 0. The number of aromatic nitrogens is 3. The molecule has 6 heteroatoms. The summed E-state index contributed by atoms with van der Waals surface area (Å²) in [5.74, 6) is 1.40. The van der Waals surface area contributed by atoms with Gasteiger partial charge in [0.05, 0.1) is 12.3 Å². The number of benzene rings is 1. The zero-order valence-corrected chi connectivity index (χ0v) is 13.3. The van der Waals surface area contributed by atoms with Crippen LogP contribution in [0.5, 0.6) is 0 Å². The van der Waals surface area contributed by atoms with Gasteiger partial charge in [-0.1, -0.05) is 18.2 Å². The highest BCUT2D eigenvalue weighted by atomic mass is 16.5. The van der Waals surface area contributed by atoms with Gasteiger partial charge in [-0.25, -0.2) is 0 Å². The molecule has 2 aliphatic rings. The van der Waals surface area contributed by atoms with Crippen molar-refractivity contribution in [3.8, 4) is 0 Å². The number of hydrogen-bond acceptors (Lipinski definition) is 6. The zero-order valence-electron chi connectivity index (χ0n) is 13.3. The molecule has 1 fully saturated rings. The van der Waals surface area contributed by atoms with Crippen LogP contribution in [0.3, 0.4) is 0 Å². The smallest absolute Gasteiger partial charge is 0.252 e. The first-order valence-electron chi connectivity index (χ1n) is 8.23. The van der Waals surface area contributed by atoms with E-state index in [1.54, 1.807) is 6.20 Å². The molecule has 1 saturated heterocycles. The number of hydrogen-bond donors (Lipinski definition) is 1. The van der Waals surface area contributed by atoms with Gasteiger partial charge in [-0.05, 0) is 37.8 Å². The second-order valence-corrected chi connectivity index (χ2v) is 6.21. The van der Waals surface area contributed by atoms with Gasteiger partial charge < -0.3 is 15.0 Å². The van der Waals surface area contributed by atoms with E-state index in [1.807, 2.05) is 0 Å². The molecule has 0 amide bonds. The summed E-state index contributed by atoms with van der Waals surface area (Å²) in [6, 6.07) is 8.75. The van der Waals surface area contributed by atoms with Crippen molar-refractivity contribution >= 4 is 17.5 Å². The topological polar surface area (TPSA) is 63.2 Å². The first-order valence-corrected chi connectivity index (χ1v) is 8.23. The van der Waals surface area contributed by atoms with Gasteiger partial charge in [0.2, 0.25) is 0 Å². The van der Waals surface area contributed by atoms with Gasteiger partial charge in [-0.3, -0.25) is 0 Å². The van der Waals surface area contributed by atoms with Crippen molar-refractivity contribution < 1.29 is 4.74 Å². The number of rotatable bonds is 4. The maximum Gasteiger partial charge on any atom is 0.252 e. The first kappa shape index (κ1) is 14.4. The molecule has 0 saturated carbocycles. The molecule has 1 aromatic carbocycles. The van der Waals surface area contributed by atoms with Gasteiger partial charge in [0.1, 0.15) is 0 Å². The van der Waals surface area contributed by atoms with E-state index in [4.69, 9.17) is 4.74 Å². The Balaban J connectivity index is 1.54. The summed E-state index contributed by atoms with van der Waals surface area (Å²) < 4.78 is 5.63. The van der Waals surface area contributed by atoms with E-state index >= 15 is 0 Å². The maximum atomic E-state index is 5.63. The van der Waals surface area contributed by atoms with Crippen LogP contribution in [0.4, 0.5) is 17.5 Å². The average Bonchev–Trinajstić information content (AvgIpc) is 3.19. The van der Waals surface area contributed by atoms with Gasteiger partial charge in [0, 0.05) is 24.9 Å². The molecule has 120 valence electrons. The highest BCUT2D eigenvalue weighted by molar-refractivity contribution is 5.67. The van der Waals surface area contributed by atoms with E-state index in [-0.39, 0.29) is 6.10 Å². The minimum absolute atomic E-state index is 0.278. The van der Waals surface area contributed by atoms with Crippen LogP contribution in [-0.2, 0) is 11.2 Å². The molecule has 6 nitrogen and oxygen atoms in total. The second-order valence-electron chi connectivity index (χ2n) is 6.21. The summed E-state index contributed by atoms with van der Waals surface area (Å²) in [5.41, 5.74) is 2.51. The van der Waals surface area contributed by atoms with Crippen LogP contribution in [0.2, 0.25) is 0 Å². The second kappa shape index (κ2) is 6.12. The number of anilines is 3. The summed E-state index contributed by atoms with van der Waals surface area (Å²) in [4.78, 5) is 6.82. The molecule has 2 aliphatic heterocycles. The van der Waals surface area contributed by atoms with Crippen LogP contribution in [0.15, 0.2) is 30.5 Å². The normalized spacial score (nSPS) is 23.1. The fourth-order valence-corrected chi connectivity index (χ4v) is 3.38. The quantitative estimate of drug-likeness (QED) is 0.936. The lowest BCUT2D eigenvalue weighted by Gasteiger charge is -2.22. The Morgan fingerprint density at radius 3 is 3.13 bits per heavy atom. The molecule has 2 unspecified atom stereocenters. The van der Waals surface area contributed by atoms with Crippen LogP contribution >= 0.6 is 0 Å². The van der Waals surface area contributed by atoms with Crippen molar-refractivity contribution in [2.24, 2.45) is 0 Å². The van der Waals surface area contributed by atoms with Crippen LogP contribution in [0.1, 0.15) is 25.3 Å². The summed E-state index contributed by atoms with van der Waals surface area (Å²) in [7, 11) is 0. The molecule has 2 aromatic rings. The SMILES string of the molecule is CC1Cc2ccccc2N1c1nncc(NCC2CCCO2)n1. The maximum absolute atomic E-state index is 5.63. The van der Waals surface area contributed by atoms with E-state index in [2.05, 4.69) is 56.6 Å². The molecule has 0 radical (unpaired) electrons. The number of nitrogens with one attached hydrogen (secondary N) is 1. The van der Waals surface area contributed by atoms with Crippen LogP contribution in [0, 0.1) is 0 Å². The van der Waals surface area contributed by atoms with Gasteiger partial charge in [0.25, 0.3) is 5.95 Å². The molecule has 0 bridgehead atoms. The molecular weight excluding hydrogens is 290 g/mol. The molecule has 4 rings (SSSR count). The Morgan fingerprint density at radius 1 is 1.35 bits per heavy atom. The lowest BCUT2D eigenvalue weighted by molar-refractivity contribution is 0.120. The molecule has 1 aromatic heterocycles. The third-order valence-corrected chi connectivity index (χ3v) is 4.51. The number of ether oxygens (including phenoxy) is 1. The highest BCUT2D eigenvalue weighted by Crippen LogP contribution is 2.36. The van der Waals surface area contributed by atoms with Crippen molar-refractivity contribution in [1.29, 1.82) is 0 Å². The molecule has 0 spiro atoms. The molecular formula is C17H21N5O. The van der Waals surface area contributed by atoms with Crippen molar-refractivity contribution in [1.82, 2.24) is 15.2 Å². The van der Waals surface area contributed by atoms with Gasteiger partial charge in [-0.2, -0.15) is 10.1 Å². The van der Waals surface area contributed by atoms with Gasteiger partial charge >= 0.3 is 0 Å². The number of nitrogens with zero attached hydrogens (tertiary/aromatic N) is 4. The lowest BCUT2D eigenvalue weighted by atomic mass is 10.1. The summed E-state index contributed by atoms with van der Waals surface area (Å²) in [6.45, 7) is 3.82. The predicted octanol–water partition coefficient (Wildman–Crippen LogP) is 2.55. The third-order valence-electron chi connectivity index (χ3n) is 4.51. The molecule has 2 atom stereocenters. The van der Waals surface area contributed by atoms with E-state index in [9.17, 15) is 0 Å². The Bertz CT molecular complexity index is 686. The van der Waals surface area contributed by atoms with Crippen molar-refractivity contribution in [3.63, 3.8) is 0 Å². The molecule has 23 heavy (non-hydrogen) atoms. The predicted molar refractivity (Wildman–Crippen MR) is 89.0 cm³/mol. The fraction of sp³-hybridized carbons (Fsp3) is 0.471. The van der Waals surface area contributed by atoms with E-state index in [0.717, 1.165) is 38.2 Å². The van der Waals surface area contributed by atoms with Gasteiger partial charge in [-0.15, -0.1) is 5.10 Å². The standard InChI is InChI=1S/C17H21N5O/c1-12-9-13-5-2-3-7-15(13)22(12)17-20-16(11-19-21-17)18-10-14-6-4-8-23-14/h2-3,5,7,11-12,14H,4,6,8-10H2,1H3,(H,18,20,21). The average molecular weight is 311 g/mol. The van der Waals surface area contributed by atoms with Crippen molar-refractivity contribution in [2.75, 3.05) is 23.4 Å². The van der Waals surface area contributed by atoms with Crippen LogP contribution in [-0.4, -0.2) is 40.5 Å². The van der Waals surface area contributed by atoms with Gasteiger partial charge in [0.15, 0.2) is 5.82 Å². The monoisotopic (exact) mass is 311 g/mol. The summed E-state index contributed by atoms with van der Waals surface area (Å²) in [6.07, 6.45) is 5.20. The fourth-order valence-electron chi connectivity index (χ4n) is 3.38. The zero-order chi connectivity index (χ0) is 15.6. The van der Waals surface area contributed by atoms with Crippen molar-refractivity contribution in [3.05, 3.63) is 36.0 Å². The Labute approximate surface area is 135 Å². The Hall–Kier alpha value is -2.21. The van der Waals surface area contributed by atoms with E-state index in [1.165, 1.54) is 11.3 Å².